The maximum Gasteiger partial charge on any atom is 0.263 e. The topological polar surface area (TPSA) is 0 Å². The number of halogens is 4. The van der Waals surface area contributed by atoms with Crippen molar-refractivity contribution in [2.45, 2.75) is 6.43 Å². The zero-order valence-electron chi connectivity index (χ0n) is 8.63. The van der Waals surface area contributed by atoms with Gasteiger partial charge in [0.1, 0.15) is 11.6 Å². The zero-order valence-corrected chi connectivity index (χ0v) is 8.63. The summed E-state index contributed by atoms with van der Waals surface area (Å²) < 4.78 is 51.8. The number of rotatable bonds is 2. The number of hydrogen-bond donors (Lipinski definition) is 0. The maximum absolute atomic E-state index is 13.4. The lowest BCUT2D eigenvalue weighted by Gasteiger charge is -2.07. The molecule has 0 radical (unpaired) electrons. The van der Waals surface area contributed by atoms with Gasteiger partial charge < -0.3 is 0 Å². The second-order valence-electron chi connectivity index (χ2n) is 3.52. The van der Waals surface area contributed by atoms with Gasteiger partial charge in [0.25, 0.3) is 6.43 Å². The first kappa shape index (κ1) is 11.6. The highest BCUT2D eigenvalue weighted by molar-refractivity contribution is 5.65. The molecule has 0 aliphatic carbocycles. The molecule has 0 nitrogen and oxygen atoms in total. The lowest BCUT2D eigenvalue weighted by atomic mass is 10.0. The Hall–Kier alpha value is -1.84. The van der Waals surface area contributed by atoms with Crippen molar-refractivity contribution in [2.75, 3.05) is 0 Å². The van der Waals surface area contributed by atoms with Crippen LogP contribution in [0.4, 0.5) is 17.6 Å². The lowest BCUT2D eigenvalue weighted by Crippen LogP contribution is -1.91. The number of hydrogen-bond acceptors (Lipinski definition) is 0. The molecule has 0 unspecified atom stereocenters. The predicted octanol–water partition coefficient (Wildman–Crippen LogP) is 4.57. The number of alkyl halides is 2. The Morgan fingerprint density at radius 2 is 1.41 bits per heavy atom. The van der Waals surface area contributed by atoms with E-state index in [1.807, 2.05) is 0 Å². The highest BCUT2D eigenvalue weighted by Crippen LogP contribution is 2.29. The average Bonchev–Trinajstić information content (AvgIpc) is 2.29. The molecular weight excluding hydrogens is 232 g/mol. The molecule has 0 atom stereocenters. The summed E-state index contributed by atoms with van der Waals surface area (Å²) in [6.07, 6.45) is -2.66. The third-order valence-electron chi connectivity index (χ3n) is 2.39. The predicted molar refractivity (Wildman–Crippen MR) is 56.8 cm³/mol. The molecule has 0 aliphatic rings. The molecule has 0 fully saturated rings. The highest BCUT2D eigenvalue weighted by Gasteiger charge is 2.13. The summed E-state index contributed by atoms with van der Waals surface area (Å²) >= 11 is 0. The van der Waals surface area contributed by atoms with Gasteiger partial charge in [-0.3, -0.25) is 0 Å². The van der Waals surface area contributed by atoms with E-state index >= 15 is 0 Å². The molecule has 0 aromatic heterocycles. The Morgan fingerprint density at radius 3 is 2.00 bits per heavy atom. The van der Waals surface area contributed by atoms with E-state index in [0.717, 1.165) is 18.2 Å². The van der Waals surface area contributed by atoms with Crippen LogP contribution in [0.2, 0.25) is 0 Å². The van der Waals surface area contributed by atoms with Gasteiger partial charge in [0.2, 0.25) is 0 Å². The van der Waals surface area contributed by atoms with Gasteiger partial charge in [-0.05, 0) is 23.8 Å². The van der Waals surface area contributed by atoms with Crippen LogP contribution in [0.25, 0.3) is 11.1 Å². The Kier molecular flexibility index (Phi) is 3.13. The van der Waals surface area contributed by atoms with Crippen molar-refractivity contribution in [3.8, 4) is 11.1 Å². The zero-order chi connectivity index (χ0) is 12.4. The molecule has 0 heterocycles. The van der Waals surface area contributed by atoms with Crippen molar-refractivity contribution < 1.29 is 17.6 Å². The van der Waals surface area contributed by atoms with E-state index in [1.165, 1.54) is 24.3 Å². The standard InChI is InChI=1S/C13H8F4/c14-10-5-2-6-11(15)12(10)8-3-1-4-9(7-8)13(16)17/h1-7,13H. The third-order valence-corrected chi connectivity index (χ3v) is 2.39. The monoisotopic (exact) mass is 240 g/mol. The summed E-state index contributed by atoms with van der Waals surface area (Å²) in [6, 6.07) is 8.46. The molecule has 0 saturated heterocycles. The van der Waals surface area contributed by atoms with Crippen LogP contribution in [0.15, 0.2) is 42.5 Å². The first-order chi connectivity index (χ1) is 8.09. The molecule has 0 saturated carbocycles. The summed E-state index contributed by atoms with van der Waals surface area (Å²) in [6.45, 7) is 0. The van der Waals surface area contributed by atoms with Crippen LogP contribution >= 0.6 is 0 Å². The van der Waals surface area contributed by atoms with Crippen LogP contribution in [-0.2, 0) is 0 Å². The second kappa shape index (κ2) is 4.57. The molecule has 0 N–H and O–H groups in total. The quantitative estimate of drug-likeness (QED) is 0.674. The Morgan fingerprint density at radius 1 is 0.824 bits per heavy atom. The SMILES string of the molecule is Fc1cccc(F)c1-c1cccc(C(F)F)c1. The molecule has 0 bridgehead atoms. The van der Waals surface area contributed by atoms with E-state index in [1.54, 1.807) is 0 Å². The fourth-order valence-electron chi connectivity index (χ4n) is 1.60. The molecule has 0 amide bonds. The van der Waals surface area contributed by atoms with E-state index in [4.69, 9.17) is 0 Å². The highest BCUT2D eigenvalue weighted by atomic mass is 19.3. The molecule has 2 aromatic rings. The van der Waals surface area contributed by atoms with Gasteiger partial charge in [0.05, 0.1) is 5.56 Å². The summed E-state index contributed by atoms with van der Waals surface area (Å²) in [5.74, 6) is -1.53. The lowest BCUT2D eigenvalue weighted by molar-refractivity contribution is 0.151. The molecule has 0 spiro atoms. The van der Waals surface area contributed by atoms with Gasteiger partial charge in [-0.1, -0.05) is 24.3 Å². The van der Waals surface area contributed by atoms with Crippen molar-refractivity contribution in [3.63, 3.8) is 0 Å². The Balaban J connectivity index is 2.57. The molecule has 88 valence electrons. The van der Waals surface area contributed by atoms with E-state index in [0.29, 0.717) is 0 Å². The van der Waals surface area contributed by atoms with Crippen molar-refractivity contribution >= 4 is 0 Å². The minimum Gasteiger partial charge on any atom is -0.206 e. The van der Waals surface area contributed by atoms with Gasteiger partial charge >= 0.3 is 0 Å². The largest absolute Gasteiger partial charge is 0.263 e. The molecule has 4 heteroatoms. The van der Waals surface area contributed by atoms with Crippen LogP contribution in [0.3, 0.4) is 0 Å². The molecule has 17 heavy (non-hydrogen) atoms. The van der Waals surface area contributed by atoms with Gasteiger partial charge in [-0.25, -0.2) is 17.6 Å². The van der Waals surface area contributed by atoms with E-state index in [9.17, 15) is 17.6 Å². The Labute approximate surface area is 95.5 Å². The van der Waals surface area contributed by atoms with Gasteiger partial charge in [0, 0.05) is 5.56 Å². The summed E-state index contributed by atoms with van der Waals surface area (Å²) in [5, 5.41) is 0. The smallest absolute Gasteiger partial charge is 0.206 e. The molecule has 2 rings (SSSR count). The number of benzene rings is 2. The van der Waals surface area contributed by atoms with Gasteiger partial charge in [0.15, 0.2) is 0 Å². The van der Waals surface area contributed by atoms with Crippen LogP contribution < -0.4 is 0 Å². The summed E-state index contributed by atoms with van der Waals surface area (Å²) in [5.41, 5.74) is -0.432. The fraction of sp³-hybridized carbons (Fsp3) is 0.0769. The maximum atomic E-state index is 13.4. The van der Waals surface area contributed by atoms with Crippen molar-refractivity contribution in [2.24, 2.45) is 0 Å². The summed E-state index contributed by atoms with van der Waals surface area (Å²) in [7, 11) is 0. The third kappa shape index (κ3) is 2.30. The molecular formula is C13H8F4. The molecule has 0 aliphatic heterocycles. The summed E-state index contributed by atoms with van der Waals surface area (Å²) in [4.78, 5) is 0. The van der Waals surface area contributed by atoms with Gasteiger partial charge in [-0.15, -0.1) is 0 Å². The van der Waals surface area contributed by atoms with Gasteiger partial charge in [-0.2, -0.15) is 0 Å². The minimum absolute atomic E-state index is 0.110. The van der Waals surface area contributed by atoms with E-state index in [-0.39, 0.29) is 16.7 Å². The second-order valence-corrected chi connectivity index (χ2v) is 3.52. The normalized spacial score (nSPS) is 10.9. The first-order valence-corrected chi connectivity index (χ1v) is 4.92. The van der Waals surface area contributed by atoms with E-state index < -0.39 is 18.1 Å². The van der Waals surface area contributed by atoms with Crippen LogP contribution in [0.1, 0.15) is 12.0 Å². The fourth-order valence-corrected chi connectivity index (χ4v) is 1.60. The van der Waals surface area contributed by atoms with Crippen molar-refractivity contribution in [1.82, 2.24) is 0 Å². The minimum atomic E-state index is -2.66. The van der Waals surface area contributed by atoms with E-state index in [2.05, 4.69) is 0 Å². The van der Waals surface area contributed by atoms with Crippen molar-refractivity contribution in [3.05, 3.63) is 59.7 Å². The Bertz CT molecular complexity index is 514. The first-order valence-electron chi connectivity index (χ1n) is 4.92. The van der Waals surface area contributed by atoms with Crippen LogP contribution in [0.5, 0.6) is 0 Å². The average molecular weight is 240 g/mol. The molecule has 2 aromatic carbocycles. The van der Waals surface area contributed by atoms with Crippen molar-refractivity contribution in [1.29, 1.82) is 0 Å². The van der Waals surface area contributed by atoms with Crippen LogP contribution in [-0.4, -0.2) is 0 Å². The van der Waals surface area contributed by atoms with Crippen LogP contribution in [0, 0.1) is 11.6 Å².